The van der Waals surface area contributed by atoms with E-state index in [9.17, 15) is 24.5 Å². The molecule has 1 aromatic carbocycles. The topological polar surface area (TPSA) is 137 Å². The lowest BCUT2D eigenvalue weighted by molar-refractivity contribution is -0.385. The lowest BCUT2D eigenvalue weighted by Crippen LogP contribution is -2.38. The predicted octanol–water partition coefficient (Wildman–Crippen LogP) is 0.401. The molecular weight excluding hydrogens is 334 g/mol. The van der Waals surface area contributed by atoms with Crippen molar-refractivity contribution in [1.82, 2.24) is 10.6 Å². The van der Waals surface area contributed by atoms with Crippen LogP contribution >= 0.6 is 0 Å². The van der Waals surface area contributed by atoms with Crippen molar-refractivity contribution in [3.05, 3.63) is 33.9 Å². The molecule has 25 heavy (non-hydrogen) atoms. The highest BCUT2D eigenvalue weighted by atomic mass is 16.6. The van der Waals surface area contributed by atoms with Gasteiger partial charge in [0.15, 0.2) is 11.9 Å². The van der Waals surface area contributed by atoms with Gasteiger partial charge in [-0.15, -0.1) is 0 Å². The second-order valence-electron chi connectivity index (χ2n) is 4.85. The van der Waals surface area contributed by atoms with Crippen molar-refractivity contribution in [3.8, 4) is 5.75 Å². The summed E-state index contributed by atoms with van der Waals surface area (Å²) in [4.78, 5) is 45.3. The molecule has 0 aliphatic heterocycles. The van der Waals surface area contributed by atoms with Gasteiger partial charge in [0.05, 0.1) is 12.0 Å². The molecule has 10 nitrogen and oxygen atoms in total. The summed E-state index contributed by atoms with van der Waals surface area (Å²) in [5, 5.41) is 15.7. The molecule has 0 aromatic heterocycles. The summed E-state index contributed by atoms with van der Waals surface area (Å²) in [5.41, 5.74) is -0.389. The fraction of sp³-hybridized carbons (Fsp3) is 0.400. The number of nitrogens with one attached hydrogen (secondary N) is 2. The molecule has 0 aliphatic carbocycles. The molecule has 0 bridgehead atoms. The molecule has 0 fully saturated rings. The molecule has 2 amide bonds. The zero-order valence-electron chi connectivity index (χ0n) is 14.0. The Morgan fingerprint density at radius 1 is 1.28 bits per heavy atom. The van der Waals surface area contributed by atoms with E-state index in [1.807, 2.05) is 0 Å². The maximum atomic E-state index is 12.0. The first-order valence-electron chi connectivity index (χ1n) is 7.38. The van der Waals surface area contributed by atoms with Crippen LogP contribution in [0.1, 0.15) is 24.2 Å². The van der Waals surface area contributed by atoms with Crippen molar-refractivity contribution in [2.75, 3.05) is 20.2 Å². The van der Waals surface area contributed by atoms with Gasteiger partial charge >= 0.3 is 11.7 Å². The van der Waals surface area contributed by atoms with E-state index in [-0.39, 0.29) is 17.0 Å². The highest BCUT2D eigenvalue weighted by Crippen LogP contribution is 2.27. The molecule has 0 spiro atoms. The zero-order chi connectivity index (χ0) is 19.0. The van der Waals surface area contributed by atoms with E-state index in [2.05, 4.69) is 10.6 Å². The summed E-state index contributed by atoms with van der Waals surface area (Å²) in [6.45, 7) is 3.04. The number of esters is 1. The zero-order valence-corrected chi connectivity index (χ0v) is 14.0. The van der Waals surface area contributed by atoms with Gasteiger partial charge < -0.3 is 20.1 Å². The minimum atomic E-state index is -0.994. The van der Waals surface area contributed by atoms with Gasteiger partial charge in [0.1, 0.15) is 6.54 Å². The number of carbonyl (C=O) groups is 3. The van der Waals surface area contributed by atoms with Gasteiger partial charge in [-0.05, 0) is 26.0 Å². The molecule has 0 heterocycles. The molecule has 136 valence electrons. The Morgan fingerprint density at radius 2 is 1.96 bits per heavy atom. The first-order chi connectivity index (χ1) is 11.8. The smallest absolute Gasteiger partial charge is 0.326 e. The number of likely N-dealkylation sites (N-methyl/N-ethyl adjacent to an activating group) is 1. The normalized spacial score (nSPS) is 11.2. The van der Waals surface area contributed by atoms with Crippen LogP contribution in [0.25, 0.3) is 0 Å². The average molecular weight is 353 g/mol. The standard InChI is InChI=1S/C15H19N3O7/c1-4-16-14(20)9(2)25-13(19)8-17-15(21)10-5-6-12(24-3)11(7-10)18(22)23/h5-7,9H,4,8H2,1-3H3,(H,16,20)(H,17,21)/t9-/m0/s1. The molecule has 1 rings (SSSR count). The second kappa shape index (κ2) is 9.21. The number of nitrogens with zero attached hydrogens (tertiary/aromatic N) is 1. The maximum Gasteiger partial charge on any atom is 0.326 e. The van der Waals surface area contributed by atoms with Crippen LogP contribution < -0.4 is 15.4 Å². The van der Waals surface area contributed by atoms with E-state index < -0.39 is 35.4 Å². The molecular formula is C15H19N3O7. The molecule has 0 saturated heterocycles. The number of ether oxygens (including phenoxy) is 2. The number of nitro benzene ring substituents is 1. The van der Waals surface area contributed by atoms with E-state index in [1.54, 1.807) is 6.92 Å². The van der Waals surface area contributed by atoms with E-state index in [1.165, 1.54) is 26.2 Å². The summed E-state index contributed by atoms with van der Waals surface area (Å²) in [5.74, 6) is -1.95. The minimum Gasteiger partial charge on any atom is -0.490 e. The van der Waals surface area contributed by atoms with E-state index in [0.717, 1.165) is 6.07 Å². The lowest BCUT2D eigenvalue weighted by atomic mass is 10.1. The average Bonchev–Trinajstić information content (AvgIpc) is 2.59. The monoisotopic (exact) mass is 353 g/mol. The number of benzene rings is 1. The van der Waals surface area contributed by atoms with Crippen LogP contribution in [0.5, 0.6) is 5.75 Å². The van der Waals surface area contributed by atoms with Gasteiger partial charge in [-0.2, -0.15) is 0 Å². The molecule has 1 aromatic rings. The quantitative estimate of drug-likeness (QED) is 0.392. The van der Waals surface area contributed by atoms with Crippen LogP contribution in [0.2, 0.25) is 0 Å². The third-order valence-electron chi connectivity index (χ3n) is 3.06. The van der Waals surface area contributed by atoms with Gasteiger partial charge in [-0.25, -0.2) is 0 Å². The number of carbonyl (C=O) groups excluding carboxylic acids is 3. The molecule has 2 N–H and O–H groups in total. The van der Waals surface area contributed by atoms with E-state index >= 15 is 0 Å². The largest absolute Gasteiger partial charge is 0.490 e. The molecule has 0 unspecified atom stereocenters. The van der Waals surface area contributed by atoms with Crippen molar-refractivity contribution < 1.29 is 28.8 Å². The summed E-state index contributed by atoms with van der Waals surface area (Å²) in [6, 6.07) is 3.64. The van der Waals surface area contributed by atoms with Crippen LogP contribution in [0.15, 0.2) is 18.2 Å². The summed E-state index contributed by atoms with van der Waals surface area (Å²) < 4.78 is 9.70. The SMILES string of the molecule is CCNC(=O)[C@H](C)OC(=O)CNC(=O)c1ccc(OC)c([N+](=O)[O-])c1. The van der Waals surface area contributed by atoms with Gasteiger partial charge in [0.25, 0.3) is 11.8 Å². The second-order valence-corrected chi connectivity index (χ2v) is 4.85. The van der Waals surface area contributed by atoms with Crippen molar-refractivity contribution in [2.45, 2.75) is 20.0 Å². The Hall–Kier alpha value is -3.17. The Bertz CT molecular complexity index is 675. The summed E-state index contributed by atoms with van der Waals surface area (Å²) in [7, 11) is 1.27. The number of amides is 2. The van der Waals surface area contributed by atoms with E-state index in [4.69, 9.17) is 9.47 Å². The fourth-order valence-corrected chi connectivity index (χ4v) is 1.84. The van der Waals surface area contributed by atoms with Crippen molar-refractivity contribution in [3.63, 3.8) is 0 Å². The van der Waals surface area contributed by atoms with Gasteiger partial charge in [0.2, 0.25) is 0 Å². The van der Waals surface area contributed by atoms with Crippen molar-refractivity contribution in [2.24, 2.45) is 0 Å². The third-order valence-corrected chi connectivity index (χ3v) is 3.06. The van der Waals surface area contributed by atoms with Crippen LogP contribution in [0, 0.1) is 10.1 Å². The molecule has 10 heteroatoms. The highest BCUT2D eigenvalue weighted by Gasteiger charge is 2.20. The highest BCUT2D eigenvalue weighted by molar-refractivity contribution is 5.97. The summed E-state index contributed by atoms with van der Waals surface area (Å²) >= 11 is 0. The van der Waals surface area contributed by atoms with Crippen molar-refractivity contribution >= 4 is 23.5 Å². The first-order valence-corrected chi connectivity index (χ1v) is 7.38. The van der Waals surface area contributed by atoms with Gasteiger partial charge in [-0.1, -0.05) is 0 Å². The van der Waals surface area contributed by atoms with Crippen molar-refractivity contribution in [1.29, 1.82) is 0 Å². The number of hydrogen-bond acceptors (Lipinski definition) is 7. The fourth-order valence-electron chi connectivity index (χ4n) is 1.84. The van der Waals surface area contributed by atoms with E-state index in [0.29, 0.717) is 6.54 Å². The number of nitro groups is 1. The first kappa shape index (κ1) is 19.9. The Balaban J connectivity index is 2.65. The number of methoxy groups -OCH3 is 1. The number of hydrogen-bond donors (Lipinski definition) is 2. The predicted molar refractivity (Wildman–Crippen MR) is 86.2 cm³/mol. The Labute approximate surface area is 143 Å². The van der Waals surface area contributed by atoms with Crippen LogP contribution in [0.3, 0.4) is 0 Å². The lowest BCUT2D eigenvalue weighted by Gasteiger charge is -2.13. The Kier molecular flexibility index (Phi) is 7.32. The third kappa shape index (κ3) is 5.75. The minimum absolute atomic E-state index is 0.0109. The molecule has 0 aliphatic rings. The Morgan fingerprint density at radius 3 is 2.52 bits per heavy atom. The maximum absolute atomic E-state index is 12.0. The van der Waals surface area contributed by atoms with Crippen LogP contribution in [-0.2, 0) is 14.3 Å². The number of rotatable bonds is 8. The van der Waals surface area contributed by atoms with Gasteiger partial charge in [-0.3, -0.25) is 24.5 Å². The van der Waals surface area contributed by atoms with Gasteiger partial charge in [0, 0.05) is 18.2 Å². The molecule has 0 saturated carbocycles. The molecule has 1 atom stereocenters. The van der Waals surface area contributed by atoms with Crippen LogP contribution in [0.4, 0.5) is 5.69 Å². The molecule has 0 radical (unpaired) electrons. The summed E-state index contributed by atoms with van der Waals surface area (Å²) in [6.07, 6.45) is -0.994. The van der Waals surface area contributed by atoms with Crippen LogP contribution in [-0.4, -0.2) is 49.0 Å².